The van der Waals surface area contributed by atoms with Crippen molar-refractivity contribution >= 4 is 0 Å². The van der Waals surface area contributed by atoms with Gasteiger partial charge in [0, 0.05) is 41.4 Å². The van der Waals surface area contributed by atoms with Gasteiger partial charge in [-0.25, -0.2) is 0 Å². The van der Waals surface area contributed by atoms with Crippen LogP contribution < -0.4 is 14.8 Å². The number of nitrogens with zero attached hydrogens (tertiary/aromatic N) is 1. The van der Waals surface area contributed by atoms with E-state index in [1.54, 1.807) is 0 Å². The number of hydrogen-bond donors (Lipinski definition) is 1. The monoisotopic (exact) mass is 532 g/mol. The first-order chi connectivity index (χ1) is 18.7. The number of allylic oxidation sites excluding steroid dienone is 2. The molecule has 6 rings (SSSR count). The first kappa shape index (κ1) is 26.6. The summed E-state index contributed by atoms with van der Waals surface area (Å²) in [5.74, 6) is 0.181. The summed E-state index contributed by atoms with van der Waals surface area (Å²) < 4.78 is 48.4. The largest absolute Gasteiger partial charge is 0.573 e. The summed E-state index contributed by atoms with van der Waals surface area (Å²) in [6, 6.07) is 24.5. The number of ether oxygens (including phenoxy) is 2. The van der Waals surface area contributed by atoms with Crippen molar-refractivity contribution < 1.29 is 22.6 Å². The lowest BCUT2D eigenvalue weighted by atomic mass is 9.67. The molecule has 3 saturated heterocycles. The fraction of sp³-hybridized carbons (Fsp3) is 0.250. The lowest BCUT2D eigenvalue weighted by molar-refractivity contribution is -0.274. The molecule has 3 aromatic carbocycles. The first-order valence-corrected chi connectivity index (χ1v) is 12.8. The van der Waals surface area contributed by atoms with E-state index in [1.807, 2.05) is 36.4 Å². The molecule has 3 fully saturated rings. The standard InChI is InChI=1S/C32H31F3N2O2/c1-20-17-27-21(2)22(3)37(20)31(29(23-11-7-5-8-12-23)24-13-9-6-10-14-24)30(27)36-19-25-18-26(39-32(33,34)35)15-16-28(25)38-4/h5-16,18,27,29-31,36H,1-3,17,19H2,4H3. The van der Waals surface area contributed by atoms with E-state index in [2.05, 4.69) is 59.0 Å². The minimum atomic E-state index is -4.78. The fourth-order valence-electron chi connectivity index (χ4n) is 6.01. The molecule has 0 spiro atoms. The zero-order chi connectivity index (χ0) is 27.7. The number of halogens is 3. The van der Waals surface area contributed by atoms with E-state index in [4.69, 9.17) is 4.74 Å². The highest BCUT2D eigenvalue weighted by Crippen LogP contribution is 2.51. The smallest absolute Gasteiger partial charge is 0.496 e. The minimum Gasteiger partial charge on any atom is -0.496 e. The van der Waals surface area contributed by atoms with Crippen molar-refractivity contribution in [2.75, 3.05) is 7.11 Å². The van der Waals surface area contributed by atoms with Gasteiger partial charge in [0.15, 0.2) is 0 Å². The maximum absolute atomic E-state index is 12.9. The minimum absolute atomic E-state index is 0.0236. The van der Waals surface area contributed by atoms with Gasteiger partial charge in [-0.1, -0.05) is 80.4 Å². The maximum atomic E-state index is 12.9. The van der Waals surface area contributed by atoms with Crippen LogP contribution in [0.4, 0.5) is 13.2 Å². The van der Waals surface area contributed by atoms with Crippen LogP contribution in [0.25, 0.3) is 0 Å². The molecule has 0 amide bonds. The third kappa shape index (κ3) is 5.32. The summed E-state index contributed by atoms with van der Waals surface area (Å²) >= 11 is 0. The second-order valence-electron chi connectivity index (χ2n) is 9.94. The molecule has 202 valence electrons. The molecule has 3 unspecified atom stereocenters. The molecule has 3 heterocycles. The number of methoxy groups -OCH3 is 1. The van der Waals surface area contributed by atoms with Crippen LogP contribution in [0.3, 0.4) is 0 Å². The highest BCUT2D eigenvalue weighted by molar-refractivity contribution is 5.47. The summed E-state index contributed by atoms with van der Waals surface area (Å²) in [7, 11) is 1.50. The van der Waals surface area contributed by atoms with Crippen molar-refractivity contribution in [3.63, 3.8) is 0 Å². The van der Waals surface area contributed by atoms with Gasteiger partial charge in [-0.2, -0.15) is 0 Å². The molecule has 3 aromatic rings. The van der Waals surface area contributed by atoms with Crippen LogP contribution in [0.2, 0.25) is 0 Å². The molecule has 0 aromatic heterocycles. The highest BCUT2D eigenvalue weighted by Gasteiger charge is 2.50. The van der Waals surface area contributed by atoms with Crippen LogP contribution in [0, 0.1) is 5.92 Å². The Balaban J connectivity index is 1.55. The van der Waals surface area contributed by atoms with Gasteiger partial charge < -0.3 is 19.7 Å². The van der Waals surface area contributed by atoms with E-state index in [0.29, 0.717) is 11.3 Å². The van der Waals surface area contributed by atoms with Crippen molar-refractivity contribution in [1.82, 2.24) is 10.2 Å². The van der Waals surface area contributed by atoms with Crippen molar-refractivity contribution in [2.24, 2.45) is 5.92 Å². The molecule has 0 radical (unpaired) electrons. The summed E-state index contributed by atoms with van der Waals surface area (Å²) in [6.07, 6.45) is -4.06. The molecular formula is C32H31F3N2O2. The molecule has 1 N–H and O–H groups in total. The summed E-state index contributed by atoms with van der Waals surface area (Å²) in [5.41, 5.74) is 5.64. The van der Waals surface area contributed by atoms with E-state index >= 15 is 0 Å². The van der Waals surface area contributed by atoms with Crippen LogP contribution in [-0.4, -0.2) is 30.5 Å². The molecule has 4 nitrogen and oxygen atoms in total. The SMILES string of the molecule is C=C1C(=C)N2C(=C)CC1C(NCc1cc(OC(F)(F)F)ccc1OC)C2C(c1ccccc1)c1ccccc1. The van der Waals surface area contributed by atoms with Gasteiger partial charge >= 0.3 is 6.36 Å². The van der Waals surface area contributed by atoms with Gasteiger partial charge in [0.2, 0.25) is 0 Å². The molecule has 0 aliphatic carbocycles. The number of hydrogen-bond acceptors (Lipinski definition) is 4. The van der Waals surface area contributed by atoms with Gasteiger partial charge in [0.1, 0.15) is 11.5 Å². The Hall–Kier alpha value is -3.97. The molecular weight excluding hydrogens is 501 g/mol. The Morgan fingerprint density at radius 3 is 2.13 bits per heavy atom. The number of piperidine rings is 3. The molecule has 2 bridgehead atoms. The van der Waals surface area contributed by atoms with Crippen LogP contribution in [-0.2, 0) is 6.54 Å². The average Bonchev–Trinajstić information content (AvgIpc) is 2.91. The Morgan fingerprint density at radius 2 is 1.56 bits per heavy atom. The second-order valence-corrected chi connectivity index (χ2v) is 9.94. The Morgan fingerprint density at radius 1 is 0.949 bits per heavy atom. The van der Waals surface area contributed by atoms with Crippen LogP contribution in [0.15, 0.2) is 116 Å². The molecule has 39 heavy (non-hydrogen) atoms. The van der Waals surface area contributed by atoms with E-state index in [9.17, 15) is 13.2 Å². The zero-order valence-electron chi connectivity index (χ0n) is 21.7. The first-order valence-electron chi connectivity index (χ1n) is 12.8. The van der Waals surface area contributed by atoms with Crippen LogP contribution in [0.1, 0.15) is 29.0 Å². The van der Waals surface area contributed by atoms with E-state index in [-0.39, 0.29) is 36.2 Å². The Labute approximate surface area is 227 Å². The summed E-state index contributed by atoms with van der Waals surface area (Å²) in [6.45, 7) is 13.4. The van der Waals surface area contributed by atoms with Gasteiger partial charge in [0.05, 0.1) is 13.2 Å². The van der Waals surface area contributed by atoms with Crippen LogP contribution in [0.5, 0.6) is 11.5 Å². The number of nitrogens with one attached hydrogen (secondary N) is 1. The fourth-order valence-corrected chi connectivity index (χ4v) is 6.01. The predicted octanol–water partition coefficient (Wildman–Crippen LogP) is 7.17. The van der Waals surface area contributed by atoms with Gasteiger partial charge in [-0.15, -0.1) is 13.2 Å². The van der Waals surface area contributed by atoms with Crippen molar-refractivity contribution in [2.45, 2.75) is 37.3 Å². The number of alkyl halides is 3. The predicted molar refractivity (Wildman–Crippen MR) is 146 cm³/mol. The molecule has 7 heteroatoms. The van der Waals surface area contributed by atoms with Crippen LogP contribution >= 0.6 is 0 Å². The number of benzene rings is 3. The summed E-state index contributed by atoms with van der Waals surface area (Å²) in [5, 5.41) is 3.67. The number of fused-ring (bicyclic) bond motifs is 3. The second kappa shape index (κ2) is 10.7. The third-order valence-corrected chi connectivity index (χ3v) is 7.68. The normalized spacial score (nSPS) is 21.0. The van der Waals surface area contributed by atoms with Crippen molar-refractivity contribution in [3.05, 3.63) is 132 Å². The Bertz CT molecular complexity index is 1330. The maximum Gasteiger partial charge on any atom is 0.573 e. The lowest BCUT2D eigenvalue weighted by Crippen LogP contribution is -2.63. The van der Waals surface area contributed by atoms with Crippen molar-refractivity contribution in [1.29, 1.82) is 0 Å². The number of rotatable bonds is 8. The average molecular weight is 533 g/mol. The molecule has 3 atom stereocenters. The molecule has 3 aliphatic rings. The van der Waals surface area contributed by atoms with E-state index in [1.165, 1.54) is 25.3 Å². The topological polar surface area (TPSA) is 33.7 Å². The zero-order valence-corrected chi connectivity index (χ0v) is 21.7. The van der Waals surface area contributed by atoms with Gasteiger partial charge in [0.25, 0.3) is 0 Å². The van der Waals surface area contributed by atoms with Gasteiger partial charge in [-0.05, 0) is 41.3 Å². The quantitative estimate of drug-likeness (QED) is 0.334. The lowest BCUT2D eigenvalue weighted by Gasteiger charge is -2.57. The highest BCUT2D eigenvalue weighted by atomic mass is 19.4. The molecule has 0 saturated carbocycles. The summed E-state index contributed by atoms with van der Waals surface area (Å²) in [4.78, 5) is 2.20. The van der Waals surface area contributed by atoms with Crippen molar-refractivity contribution in [3.8, 4) is 11.5 Å². The van der Waals surface area contributed by atoms with E-state index in [0.717, 1.165) is 34.5 Å². The Kier molecular flexibility index (Phi) is 7.28. The van der Waals surface area contributed by atoms with E-state index < -0.39 is 6.36 Å². The molecule has 3 aliphatic heterocycles. The third-order valence-electron chi connectivity index (χ3n) is 7.68. The van der Waals surface area contributed by atoms with Gasteiger partial charge in [-0.3, -0.25) is 0 Å².